The number of aromatic amines is 1. The number of fused-ring (bicyclic) bond motifs is 1. The summed E-state index contributed by atoms with van der Waals surface area (Å²) in [5, 5.41) is 0. The number of imidazole rings is 1. The number of likely N-dealkylation sites (tertiary alicyclic amines) is 1. The van der Waals surface area contributed by atoms with Crippen LogP contribution in [0.1, 0.15) is 30.7 Å². The van der Waals surface area contributed by atoms with Crippen LogP contribution in [0.15, 0.2) is 36.7 Å². The van der Waals surface area contributed by atoms with Gasteiger partial charge in [0.25, 0.3) is 0 Å². The number of likely N-dealkylation sites (N-methyl/N-ethyl adjacent to an activating group) is 1. The standard InChI is InChI=1S/C20H25N7/c1-26-12-15(14-5-3-2-4-6-14)11-20(26)7-9-27(10-8-20)18-16-17(23-13-22-16)24-19(21)25-18/h2-6,13,15H,7-12H2,1H3,(H3,21,22,23,24,25)/t15-/m1/s1. The van der Waals surface area contributed by atoms with Crippen LogP contribution < -0.4 is 10.6 Å². The molecule has 1 atom stereocenters. The van der Waals surface area contributed by atoms with E-state index in [2.05, 4.69) is 67.1 Å². The maximum Gasteiger partial charge on any atom is 0.224 e. The Morgan fingerprint density at radius 2 is 1.93 bits per heavy atom. The van der Waals surface area contributed by atoms with Crippen LogP contribution >= 0.6 is 0 Å². The second kappa shape index (κ2) is 6.20. The Kier molecular flexibility index (Phi) is 3.79. The van der Waals surface area contributed by atoms with Crippen molar-refractivity contribution in [1.29, 1.82) is 0 Å². The van der Waals surface area contributed by atoms with Gasteiger partial charge < -0.3 is 15.6 Å². The lowest BCUT2D eigenvalue weighted by molar-refractivity contribution is 0.137. The minimum Gasteiger partial charge on any atom is -0.368 e. The van der Waals surface area contributed by atoms with Crippen molar-refractivity contribution in [3.8, 4) is 0 Å². The molecule has 2 aliphatic rings. The Bertz CT molecular complexity index is 943. The Labute approximate surface area is 158 Å². The molecular weight excluding hydrogens is 338 g/mol. The highest BCUT2D eigenvalue weighted by Gasteiger charge is 2.45. The summed E-state index contributed by atoms with van der Waals surface area (Å²) in [6, 6.07) is 10.9. The third kappa shape index (κ3) is 2.73. The van der Waals surface area contributed by atoms with Crippen molar-refractivity contribution in [1.82, 2.24) is 24.8 Å². The lowest BCUT2D eigenvalue weighted by Crippen LogP contribution is -2.51. The first-order chi connectivity index (χ1) is 13.1. The van der Waals surface area contributed by atoms with Crippen molar-refractivity contribution in [2.24, 2.45) is 0 Å². The van der Waals surface area contributed by atoms with Gasteiger partial charge in [0.15, 0.2) is 11.5 Å². The molecule has 0 radical (unpaired) electrons. The number of hydrogen-bond acceptors (Lipinski definition) is 6. The van der Waals surface area contributed by atoms with Gasteiger partial charge in [0, 0.05) is 25.2 Å². The summed E-state index contributed by atoms with van der Waals surface area (Å²) in [7, 11) is 2.29. The van der Waals surface area contributed by atoms with Gasteiger partial charge in [-0.05, 0) is 37.8 Å². The second-order valence-electron chi connectivity index (χ2n) is 7.91. The lowest BCUT2D eigenvalue weighted by atomic mass is 9.81. The fraction of sp³-hybridized carbons (Fsp3) is 0.450. The van der Waals surface area contributed by atoms with Crippen LogP contribution in [0.5, 0.6) is 0 Å². The summed E-state index contributed by atoms with van der Waals surface area (Å²) < 4.78 is 0. The minimum atomic E-state index is 0.280. The van der Waals surface area contributed by atoms with Gasteiger partial charge in [-0.25, -0.2) is 4.98 Å². The molecule has 140 valence electrons. The summed E-state index contributed by atoms with van der Waals surface area (Å²) >= 11 is 0. The van der Waals surface area contributed by atoms with Gasteiger partial charge in [-0.3, -0.25) is 4.90 Å². The highest BCUT2D eigenvalue weighted by Crippen LogP contribution is 2.44. The number of aromatic nitrogens is 4. The third-order valence-corrected chi connectivity index (χ3v) is 6.48. The fourth-order valence-electron chi connectivity index (χ4n) is 4.94. The van der Waals surface area contributed by atoms with E-state index in [0.717, 1.165) is 43.8 Å². The second-order valence-corrected chi connectivity index (χ2v) is 7.91. The fourth-order valence-corrected chi connectivity index (χ4v) is 4.94. The normalized spacial score (nSPS) is 22.7. The number of nitrogen functional groups attached to an aromatic ring is 1. The number of benzene rings is 1. The van der Waals surface area contributed by atoms with Crippen LogP contribution in [-0.4, -0.2) is 57.1 Å². The van der Waals surface area contributed by atoms with E-state index < -0.39 is 0 Å². The van der Waals surface area contributed by atoms with Crippen molar-refractivity contribution >= 4 is 22.9 Å². The summed E-state index contributed by atoms with van der Waals surface area (Å²) in [4.78, 5) is 21.0. The van der Waals surface area contributed by atoms with Gasteiger partial charge in [0.05, 0.1) is 6.33 Å². The average molecular weight is 363 g/mol. The van der Waals surface area contributed by atoms with Crippen molar-refractivity contribution < 1.29 is 0 Å². The van der Waals surface area contributed by atoms with E-state index in [1.165, 1.54) is 12.0 Å². The predicted octanol–water partition coefficient (Wildman–Crippen LogP) is 2.39. The zero-order valence-corrected chi connectivity index (χ0v) is 15.6. The SMILES string of the molecule is CN1C[C@H](c2ccccc2)CC12CCN(c1nc(N)nc3nc[nH]c13)CC2. The molecule has 1 aromatic carbocycles. The van der Waals surface area contributed by atoms with E-state index in [-0.39, 0.29) is 11.5 Å². The largest absolute Gasteiger partial charge is 0.368 e. The molecule has 1 spiro atoms. The predicted molar refractivity (Wildman–Crippen MR) is 107 cm³/mol. The van der Waals surface area contributed by atoms with E-state index in [4.69, 9.17) is 5.73 Å². The number of anilines is 2. The number of hydrogen-bond donors (Lipinski definition) is 2. The van der Waals surface area contributed by atoms with Gasteiger partial charge in [-0.15, -0.1) is 0 Å². The van der Waals surface area contributed by atoms with Crippen molar-refractivity contribution in [2.45, 2.75) is 30.7 Å². The first-order valence-electron chi connectivity index (χ1n) is 9.62. The molecule has 3 N–H and O–H groups in total. The van der Waals surface area contributed by atoms with Crippen molar-refractivity contribution in [3.05, 3.63) is 42.2 Å². The molecule has 7 heteroatoms. The van der Waals surface area contributed by atoms with Crippen molar-refractivity contribution in [3.63, 3.8) is 0 Å². The van der Waals surface area contributed by atoms with E-state index in [9.17, 15) is 0 Å². The molecule has 0 aliphatic carbocycles. The summed E-state index contributed by atoms with van der Waals surface area (Å²) in [6.07, 6.45) is 5.15. The zero-order chi connectivity index (χ0) is 18.4. The molecule has 3 aromatic rings. The van der Waals surface area contributed by atoms with Crippen LogP contribution in [0.25, 0.3) is 11.2 Å². The third-order valence-electron chi connectivity index (χ3n) is 6.48. The lowest BCUT2D eigenvalue weighted by Gasteiger charge is -2.44. The molecule has 0 saturated carbocycles. The molecule has 0 unspecified atom stereocenters. The first-order valence-corrected chi connectivity index (χ1v) is 9.62. The van der Waals surface area contributed by atoms with Crippen LogP contribution in [0.2, 0.25) is 0 Å². The van der Waals surface area contributed by atoms with Gasteiger partial charge in [-0.1, -0.05) is 30.3 Å². The Morgan fingerprint density at radius 3 is 2.70 bits per heavy atom. The Hall–Kier alpha value is -2.67. The smallest absolute Gasteiger partial charge is 0.224 e. The van der Waals surface area contributed by atoms with Crippen LogP contribution in [0.4, 0.5) is 11.8 Å². The van der Waals surface area contributed by atoms with Crippen LogP contribution in [0.3, 0.4) is 0 Å². The summed E-state index contributed by atoms with van der Waals surface area (Å²) in [5.74, 6) is 1.79. The maximum absolute atomic E-state index is 5.90. The zero-order valence-electron chi connectivity index (χ0n) is 15.6. The molecule has 5 rings (SSSR count). The number of nitrogens with zero attached hydrogens (tertiary/aromatic N) is 5. The molecule has 4 heterocycles. The highest BCUT2D eigenvalue weighted by atomic mass is 15.3. The molecular formula is C20H25N7. The van der Waals surface area contributed by atoms with Crippen LogP contribution in [0, 0.1) is 0 Å². The minimum absolute atomic E-state index is 0.280. The summed E-state index contributed by atoms with van der Waals surface area (Å²) in [5.41, 5.74) is 9.16. The van der Waals surface area contributed by atoms with E-state index in [0.29, 0.717) is 11.6 Å². The van der Waals surface area contributed by atoms with Gasteiger partial charge in [0.1, 0.15) is 5.52 Å². The molecule has 0 bridgehead atoms. The van der Waals surface area contributed by atoms with E-state index >= 15 is 0 Å². The van der Waals surface area contributed by atoms with Gasteiger partial charge in [-0.2, -0.15) is 9.97 Å². The molecule has 2 saturated heterocycles. The number of nitrogens with two attached hydrogens (primary N) is 1. The highest BCUT2D eigenvalue weighted by molar-refractivity contribution is 5.84. The first kappa shape index (κ1) is 16.5. The Balaban J connectivity index is 1.36. The Morgan fingerprint density at radius 1 is 1.15 bits per heavy atom. The monoisotopic (exact) mass is 363 g/mol. The number of H-pyrrole nitrogens is 1. The van der Waals surface area contributed by atoms with Crippen LogP contribution in [-0.2, 0) is 0 Å². The maximum atomic E-state index is 5.90. The molecule has 2 aliphatic heterocycles. The van der Waals surface area contributed by atoms with Gasteiger partial charge in [0.2, 0.25) is 5.95 Å². The molecule has 2 aromatic heterocycles. The average Bonchev–Trinajstić information content (AvgIpc) is 3.28. The molecule has 2 fully saturated rings. The topological polar surface area (TPSA) is 87.0 Å². The van der Waals surface area contributed by atoms with Crippen molar-refractivity contribution in [2.75, 3.05) is 37.3 Å². The quantitative estimate of drug-likeness (QED) is 0.727. The number of nitrogens with one attached hydrogen (secondary N) is 1. The molecule has 7 nitrogen and oxygen atoms in total. The molecule has 27 heavy (non-hydrogen) atoms. The number of piperidine rings is 1. The van der Waals surface area contributed by atoms with E-state index in [1.54, 1.807) is 6.33 Å². The van der Waals surface area contributed by atoms with Gasteiger partial charge >= 0.3 is 0 Å². The molecule has 0 amide bonds. The van der Waals surface area contributed by atoms with E-state index in [1.807, 2.05) is 0 Å². The number of rotatable bonds is 2. The summed E-state index contributed by atoms with van der Waals surface area (Å²) in [6.45, 7) is 3.07.